The highest BCUT2D eigenvalue weighted by molar-refractivity contribution is 5.93. The molecule has 7 heteroatoms. The smallest absolute Gasteiger partial charge is 0.315 e. The van der Waals surface area contributed by atoms with Crippen LogP contribution in [0.1, 0.15) is 24.5 Å². The average molecular weight is 421 g/mol. The van der Waals surface area contributed by atoms with Gasteiger partial charge in [-0.05, 0) is 49.6 Å². The highest BCUT2D eigenvalue weighted by atomic mass is 16.5. The lowest BCUT2D eigenvalue weighted by molar-refractivity contribution is -0.131. The third-order valence-electron chi connectivity index (χ3n) is 6.21. The number of ether oxygens (including phenoxy) is 2. The van der Waals surface area contributed by atoms with Crippen LogP contribution in [-0.2, 0) is 22.4 Å². The monoisotopic (exact) mass is 421 g/mol. The van der Waals surface area contributed by atoms with Crippen LogP contribution < -0.4 is 19.7 Å². The molecule has 2 aromatic rings. The van der Waals surface area contributed by atoms with Gasteiger partial charge in [-0.3, -0.25) is 14.5 Å². The summed E-state index contributed by atoms with van der Waals surface area (Å²) in [6.07, 6.45) is 2.43. The fraction of sp³-hybridized carbons (Fsp3) is 0.417. The summed E-state index contributed by atoms with van der Waals surface area (Å²) in [4.78, 5) is 28.6. The predicted octanol–water partition coefficient (Wildman–Crippen LogP) is 2.62. The maximum atomic E-state index is 12.6. The van der Waals surface area contributed by atoms with Gasteiger partial charge in [-0.15, -0.1) is 0 Å². The lowest BCUT2D eigenvalue weighted by Gasteiger charge is -2.41. The summed E-state index contributed by atoms with van der Waals surface area (Å²) in [6.45, 7) is 5.88. The Hall–Kier alpha value is -3.06. The molecule has 0 aromatic heterocycles. The van der Waals surface area contributed by atoms with E-state index in [1.54, 1.807) is 6.07 Å². The Morgan fingerprint density at radius 1 is 1.13 bits per heavy atom. The predicted molar refractivity (Wildman–Crippen MR) is 118 cm³/mol. The minimum atomic E-state index is -0.253. The summed E-state index contributed by atoms with van der Waals surface area (Å²) in [7, 11) is 0. The van der Waals surface area contributed by atoms with Crippen molar-refractivity contribution >= 4 is 23.3 Å². The number of amides is 1. The minimum Gasteiger partial charge on any atom is -0.493 e. The molecule has 1 amide bonds. The van der Waals surface area contributed by atoms with Gasteiger partial charge in [-0.1, -0.05) is 6.07 Å². The lowest BCUT2D eigenvalue weighted by Crippen LogP contribution is -2.53. The van der Waals surface area contributed by atoms with Crippen molar-refractivity contribution in [1.29, 1.82) is 0 Å². The number of nitrogens with one attached hydrogen (secondary N) is 1. The number of rotatable bonds is 4. The number of aryl methyl sites for hydroxylation is 1. The first-order chi connectivity index (χ1) is 15.0. The van der Waals surface area contributed by atoms with Crippen LogP contribution in [0, 0.1) is 0 Å². The van der Waals surface area contributed by atoms with Gasteiger partial charge in [0.1, 0.15) is 11.5 Å². The van der Waals surface area contributed by atoms with Gasteiger partial charge in [-0.2, -0.15) is 0 Å². The Morgan fingerprint density at radius 2 is 2.03 bits per heavy atom. The van der Waals surface area contributed by atoms with Crippen LogP contribution in [0.5, 0.6) is 11.5 Å². The zero-order valence-electron chi connectivity index (χ0n) is 17.7. The molecule has 7 nitrogen and oxygen atoms in total. The average Bonchev–Trinajstić information content (AvgIpc) is 3.13. The van der Waals surface area contributed by atoms with Crippen LogP contribution in [0.15, 0.2) is 36.4 Å². The highest BCUT2D eigenvalue weighted by Gasteiger charge is 2.26. The maximum Gasteiger partial charge on any atom is 0.315 e. The standard InChI is InChI=1S/C24H27N3O4/c1-16-14-26(8-9-27(16)20-6-7-21-17(11-20)3-2-10-30-21)15-23(28)25-19-5-4-18-12-24(29)31-22(18)13-19/h4-7,11,13,16H,2-3,8-10,12,14-15H2,1H3,(H,25,28)/t16-/m1/s1. The third-order valence-corrected chi connectivity index (χ3v) is 6.21. The fourth-order valence-electron chi connectivity index (χ4n) is 4.68. The van der Waals surface area contributed by atoms with Crippen LogP contribution in [0.3, 0.4) is 0 Å². The van der Waals surface area contributed by atoms with Gasteiger partial charge in [0.05, 0.1) is 19.6 Å². The number of carbonyl (C=O) groups excluding carboxylic acids is 2. The Balaban J connectivity index is 1.17. The number of piperazine rings is 1. The zero-order chi connectivity index (χ0) is 21.4. The van der Waals surface area contributed by atoms with E-state index in [0.717, 1.165) is 50.4 Å². The van der Waals surface area contributed by atoms with Crippen LogP contribution in [0.2, 0.25) is 0 Å². The molecule has 0 aliphatic carbocycles. The Bertz CT molecular complexity index is 1020. The molecule has 0 saturated carbocycles. The second-order valence-corrected chi connectivity index (χ2v) is 8.54. The van der Waals surface area contributed by atoms with E-state index in [1.165, 1.54) is 11.3 Å². The van der Waals surface area contributed by atoms with Gasteiger partial charge in [-0.25, -0.2) is 0 Å². The van der Waals surface area contributed by atoms with Crippen LogP contribution >= 0.6 is 0 Å². The molecule has 3 heterocycles. The molecule has 5 rings (SSSR count). The molecular weight excluding hydrogens is 394 g/mol. The summed E-state index contributed by atoms with van der Waals surface area (Å²) in [5.74, 6) is 1.24. The largest absolute Gasteiger partial charge is 0.493 e. The number of hydrogen-bond donors (Lipinski definition) is 1. The normalized spacial score (nSPS) is 20.5. The molecule has 0 bridgehead atoms. The second-order valence-electron chi connectivity index (χ2n) is 8.54. The van der Waals surface area contributed by atoms with Gasteiger partial charge >= 0.3 is 5.97 Å². The topological polar surface area (TPSA) is 71.1 Å². The molecule has 1 atom stereocenters. The van der Waals surface area contributed by atoms with Crippen molar-refractivity contribution in [2.45, 2.75) is 32.2 Å². The number of benzene rings is 2. The Labute approximate surface area is 181 Å². The van der Waals surface area contributed by atoms with E-state index in [9.17, 15) is 9.59 Å². The van der Waals surface area contributed by atoms with Crippen LogP contribution in [0.25, 0.3) is 0 Å². The minimum absolute atomic E-state index is 0.0594. The molecule has 162 valence electrons. The first-order valence-corrected chi connectivity index (χ1v) is 10.9. The van der Waals surface area contributed by atoms with E-state index >= 15 is 0 Å². The zero-order valence-corrected chi connectivity index (χ0v) is 17.7. The van der Waals surface area contributed by atoms with Crippen LogP contribution in [0.4, 0.5) is 11.4 Å². The maximum absolute atomic E-state index is 12.6. The van der Waals surface area contributed by atoms with E-state index in [2.05, 4.69) is 40.2 Å². The number of nitrogens with zero attached hydrogens (tertiary/aromatic N) is 2. The number of esters is 1. The molecule has 3 aliphatic heterocycles. The molecule has 3 aliphatic rings. The molecule has 1 saturated heterocycles. The van der Waals surface area contributed by atoms with Gasteiger partial charge in [0.2, 0.25) is 5.91 Å². The molecule has 31 heavy (non-hydrogen) atoms. The van der Waals surface area contributed by atoms with Crippen molar-refractivity contribution < 1.29 is 19.1 Å². The molecule has 0 spiro atoms. The molecule has 0 radical (unpaired) electrons. The van der Waals surface area contributed by atoms with Crippen molar-refractivity contribution in [2.75, 3.05) is 43.0 Å². The summed E-state index contributed by atoms with van der Waals surface area (Å²) in [5.41, 5.74) is 4.04. The first kappa shape index (κ1) is 19.9. The summed E-state index contributed by atoms with van der Waals surface area (Å²) in [6, 6.07) is 12.2. The molecular formula is C24H27N3O4. The molecule has 1 N–H and O–H groups in total. The number of carbonyl (C=O) groups is 2. The van der Waals surface area contributed by atoms with E-state index in [1.807, 2.05) is 12.1 Å². The highest BCUT2D eigenvalue weighted by Crippen LogP contribution is 2.31. The molecule has 1 fully saturated rings. The quantitative estimate of drug-likeness (QED) is 0.605. The fourth-order valence-corrected chi connectivity index (χ4v) is 4.68. The molecule has 0 unspecified atom stereocenters. The SMILES string of the molecule is C[C@@H]1CN(CC(=O)Nc2ccc3c(c2)OC(=O)C3)CCN1c1ccc2c(c1)CCCO2. The van der Waals surface area contributed by atoms with Crippen molar-refractivity contribution in [2.24, 2.45) is 0 Å². The second kappa shape index (κ2) is 8.23. The number of anilines is 2. The Kier molecular flexibility index (Phi) is 5.28. The van der Waals surface area contributed by atoms with Gasteiger partial charge < -0.3 is 19.7 Å². The van der Waals surface area contributed by atoms with Gasteiger partial charge in [0, 0.05) is 48.7 Å². The van der Waals surface area contributed by atoms with Crippen molar-refractivity contribution in [1.82, 2.24) is 4.90 Å². The van der Waals surface area contributed by atoms with Gasteiger partial charge in [0.15, 0.2) is 0 Å². The van der Waals surface area contributed by atoms with E-state index in [0.29, 0.717) is 30.4 Å². The van der Waals surface area contributed by atoms with Gasteiger partial charge in [0.25, 0.3) is 0 Å². The van der Waals surface area contributed by atoms with Crippen LogP contribution in [-0.4, -0.2) is 55.6 Å². The number of hydrogen-bond acceptors (Lipinski definition) is 6. The number of fused-ring (bicyclic) bond motifs is 2. The summed E-state index contributed by atoms with van der Waals surface area (Å²) >= 11 is 0. The van der Waals surface area contributed by atoms with E-state index in [4.69, 9.17) is 9.47 Å². The summed E-state index contributed by atoms with van der Waals surface area (Å²) < 4.78 is 10.9. The van der Waals surface area contributed by atoms with Crippen molar-refractivity contribution in [3.8, 4) is 11.5 Å². The summed E-state index contributed by atoms with van der Waals surface area (Å²) in [5, 5.41) is 2.93. The third kappa shape index (κ3) is 4.23. The lowest BCUT2D eigenvalue weighted by atomic mass is 10.0. The van der Waals surface area contributed by atoms with E-state index < -0.39 is 0 Å². The molecule has 2 aromatic carbocycles. The van der Waals surface area contributed by atoms with E-state index in [-0.39, 0.29) is 11.9 Å². The van der Waals surface area contributed by atoms with Crippen molar-refractivity contribution in [3.05, 3.63) is 47.5 Å². The first-order valence-electron chi connectivity index (χ1n) is 10.9. The Morgan fingerprint density at radius 3 is 2.90 bits per heavy atom. The van der Waals surface area contributed by atoms with Crippen molar-refractivity contribution in [3.63, 3.8) is 0 Å².